The first-order valence-corrected chi connectivity index (χ1v) is 11.3. The zero-order valence-electron chi connectivity index (χ0n) is 19.9. The summed E-state index contributed by atoms with van der Waals surface area (Å²) in [7, 11) is 1.79. The Morgan fingerprint density at radius 2 is 1.76 bits per heavy atom. The highest BCUT2D eigenvalue weighted by molar-refractivity contribution is 14.0. The molecule has 1 aromatic heterocycles. The maximum absolute atomic E-state index is 12.0. The third-order valence-electron chi connectivity index (χ3n) is 5.36. The summed E-state index contributed by atoms with van der Waals surface area (Å²) in [5.41, 5.74) is 2.76. The molecule has 1 heterocycles. The summed E-state index contributed by atoms with van der Waals surface area (Å²) in [6, 6.07) is 14.8. The fraction of sp³-hybridized carbons (Fsp3) is 0.480. The number of pyridine rings is 1. The standard InChI is InChI=1S/C25H35N5O2.HI/c1-25(2,3)32-24(31)30-21-13-11-20(12-14-21)29-23(26-4)28-17-18-8-7-9-19(16-18)22-10-5-6-15-27-22;/h5-10,15-16,20-21H,11-14,17H2,1-4H3,(H,30,31)(H2,26,28,29);1H. The molecule has 1 aliphatic carbocycles. The highest BCUT2D eigenvalue weighted by Crippen LogP contribution is 2.20. The van der Waals surface area contributed by atoms with Crippen LogP contribution in [0.1, 0.15) is 52.0 Å². The van der Waals surface area contributed by atoms with Crippen LogP contribution in [0, 0.1) is 0 Å². The summed E-state index contributed by atoms with van der Waals surface area (Å²) in [6.07, 6.45) is 5.25. The van der Waals surface area contributed by atoms with Crippen molar-refractivity contribution in [3.8, 4) is 11.3 Å². The number of aliphatic imine (C=N–C) groups is 1. The molecule has 33 heavy (non-hydrogen) atoms. The Hall–Kier alpha value is -2.36. The second-order valence-electron chi connectivity index (χ2n) is 9.18. The van der Waals surface area contributed by atoms with E-state index >= 15 is 0 Å². The molecule has 180 valence electrons. The molecule has 0 atom stereocenters. The molecule has 0 saturated heterocycles. The van der Waals surface area contributed by atoms with E-state index in [0.29, 0.717) is 12.6 Å². The second-order valence-corrected chi connectivity index (χ2v) is 9.18. The van der Waals surface area contributed by atoms with Crippen molar-refractivity contribution in [2.75, 3.05) is 7.05 Å². The van der Waals surface area contributed by atoms with Crippen molar-refractivity contribution >= 4 is 36.0 Å². The molecule has 1 amide bonds. The number of alkyl carbamates (subject to hydrolysis) is 1. The van der Waals surface area contributed by atoms with Gasteiger partial charge in [-0.05, 0) is 70.2 Å². The Morgan fingerprint density at radius 3 is 2.36 bits per heavy atom. The molecule has 7 nitrogen and oxygen atoms in total. The first-order valence-electron chi connectivity index (χ1n) is 11.3. The number of hydrogen-bond acceptors (Lipinski definition) is 4. The van der Waals surface area contributed by atoms with Gasteiger partial charge in [0.15, 0.2) is 5.96 Å². The summed E-state index contributed by atoms with van der Waals surface area (Å²) >= 11 is 0. The molecule has 1 fully saturated rings. The third-order valence-corrected chi connectivity index (χ3v) is 5.36. The minimum Gasteiger partial charge on any atom is -0.444 e. The van der Waals surface area contributed by atoms with Crippen LogP contribution in [0.2, 0.25) is 0 Å². The minimum absolute atomic E-state index is 0. The van der Waals surface area contributed by atoms with E-state index in [1.165, 1.54) is 5.56 Å². The van der Waals surface area contributed by atoms with Gasteiger partial charge < -0.3 is 20.7 Å². The van der Waals surface area contributed by atoms with Gasteiger partial charge in [0.05, 0.1) is 5.69 Å². The van der Waals surface area contributed by atoms with Crippen LogP contribution in [0.25, 0.3) is 11.3 Å². The molecule has 1 saturated carbocycles. The summed E-state index contributed by atoms with van der Waals surface area (Å²) in [6.45, 7) is 6.30. The van der Waals surface area contributed by atoms with E-state index in [4.69, 9.17) is 4.74 Å². The topological polar surface area (TPSA) is 87.6 Å². The number of guanidine groups is 1. The number of carbonyl (C=O) groups is 1. The molecule has 3 rings (SSSR count). The third kappa shape index (κ3) is 9.19. The average Bonchev–Trinajstić information content (AvgIpc) is 2.77. The molecule has 0 bridgehead atoms. The van der Waals surface area contributed by atoms with Crippen LogP contribution in [-0.4, -0.2) is 41.8 Å². The number of benzene rings is 1. The fourth-order valence-electron chi connectivity index (χ4n) is 3.80. The van der Waals surface area contributed by atoms with Crippen molar-refractivity contribution in [1.82, 2.24) is 20.9 Å². The van der Waals surface area contributed by atoms with Crippen LogP contribution in [0.4, 0.5) is 4.79 Å². The normalized spacial score (nSPS) is 18.6. The molecule has 0 radical (unpaired) electrons. The lowest BCUT2D eigenvalue weighted by molar-refractivity contribution is 0.0490. The van der Waals surface area contributed by atoms with E-state index in [2.05, 4.69) is 50.2 Å². The van der Waals surface area contributed by atoms with Gasteiger partial charge in [0.1, 0.15) is 5.60 Å². The van der Waals surface area contributed by atoms with Crippen LogP contribution in [0.3, 0.4) is 0 Å². The highest BCUT2D eigenvalue weighted by atomic mass is 127. The molecular weight excluding hydrogens is 529 g/mol. The molecule has 2 aromatic rings. The maximum Gasteiger partial charge on any atom is 0.407 e. The average molecular weight is 566 g/mol. The van der Waals surface area contributed by atoms with Gasteiger partial charge in [-0.1, -0.05) is 24.3 Å². The predicted octanol–water partition coefficient (Wildman–Crippen LogP) is 4.87. The molecule has 1 aliphatic rings. The van der Waals surface area contributed by atoms with Crippen LogP contribution in [0.15, 0.2) is 53.7 Å². The van der Waals surface area contributed by atoms with Crippen LogP contribution in [0.5, 0.6) is 0 Å². The summed E-state index contributed by atoms with van der Waals surface area (Å²) in [4.78, 5) is 20.8. The lowest BCUT2D eigenvalue weighted by Crippen LogP contribution is -2.47. The largest absolute Gasteiger partial charge is 0.444 e. The number of amides is 1. The van der Waals surface area contributed by atoms with Gasteiger partial charge in [0.25, 0.3) is 0 Å². The number of nitrogens with one attached hydrogen (secondary N) is 3. The number of rotatable bonds is 5. The number of ether oxygens (including phenoxy) is 1. The first-order chi connectivity index (χ1) is 15.3. The molecule has 0 spiro atoms. The monoisotopic (exact) mass is 565 g/mol. The number of halogens is 1. The Morgan fingerprint density at radius 1 is 1.06 bits per heavy atom. The summed E-state index contributed by atoms with van der Waals surface area (Å²) < 4.78 is 5.36. The molecule has 3 N–H and O–H groups in total. The van der Waals surface area contributed by atoms with Gasteiger partial charge in [0, 0.05) is 37.4 Å². The van der Waals surface area contributed by atoms with Gasteiger partial charge in [-0.3, -0.25) is 9.98 Å². The lowest BCUT2D eigenvalue weighted by Gasteiger charge is -2.31. The highest BCUT2D eigenvalue weighted by Gasteiger charge is 2.25. The summed E-state index contributed by atoms with van der Waals surface area (Å²) in [5.74, 6) is 0.789. The lowest BCUT2D eigenvalue weighted by atomic mass is 9.91. The molecule has 8 heteroatoms. The fourth-order valence-corrected chi connectivity index (χ4v) is 3.80. The van der Waals surface area contributed by atoms with E-state index in [0.717, 1.165) is 42.9 Å². The van der Waals surface area contributed by atoms with Gasteiger partial charge in [-0.15, -0.1) is 24.0 Å². The molecular formula is C25H36IN5O2. The number of aromatic nitrogens is 1. The number of carbonyl (C=O) groups excluding carboxylic acids is 1. The first kappa shape index (κ1) is 26.9. The van der Waals surface area contributed by atoms with Gasteiger partial charge in [-0.25, -0.2) is 4.79 Å². The summed E-state index contributed by atoms with van der Waals surface area (Å²) in [5, 5.41) is 9.92. The van der Waals surface area contributed by atoms with E-state index in [9.17, 15) is 4.79 Å². The van der Waals surface area contributed by atoms with Crippen LogP contribution in [-0.2, 0) is 11.3 Å². The second kappa shape index (κ2) is 12.8. The van der Waals surface area contributed by atoms with E-state index < -0.39 is 5.60 Å². The smallest absolute Gasteiger partial charge is 0.407 e. The van der Waals surface area contributed by atoms with Crippen molar-refractivity contribution in [2.45, 2.75) is 70.7 Å². The zero-order chi connectivity index (χ0) is 23.0. The van der Waals surface area contributed by atoms with Crippen LogP contribution < -0.4 is 16.0 Å². The maximum atomic E-state index is 12.0. The molecule has 0 unspecified atom stereocenters. The van der Waals surface area contributed by atoms with Crippen molar-refractivity contribution in [3.63, 3.8) is 0 Å². The van der Waals surface area contributed by atoms with E-state index in [1.807, 2.05) is 45.2 Å². The minimum atomic E-state index is -0.474. The quantitative estimate of drug-likeness (QED) is 0.274. The van der Waals surface area contributed by atoms with Crippen molar-refractivity contribution in [3.05, 3.63) is 54.2 Å². The Labute approximate surface area is 214 Å². The Bertz CT molecular complexity index is 907. The zero-order valence-corrected chi connectivity index (χ0v) is 22.3. The number of nitrogens with zero attached hydrogens (tertiary/aromatic N) is 2. The van der Waals surface area contributed by atoms with Crippen LogP contribution >= 0.6 is 24.0 Å². The van der Waals surface area contributed by atoms with E-state index in [-0.39, 0.29) is 36.1 Å². The van der Waals surface area contributed by atoms with Gasteiger partial charge in [0.2, 0.25) is 0 Å². The predicted molar refractivity (Wildman–Crippen MR) is 144 cm³/mol. The van der Waals surface area contributed by atoms with Gasteiger partial charge in [-0.2, -0.15) is 0 Å². The van der Waals surface area contributed by atoms with Gasteiger partial charge >= 0.3 is 6.09 Å². The van der Waals surface area contributed by atoms with Crippen molar-refractivity contribution in [2.24, 2.45) is 4.99 Å². The van der Waals surface area contributed by atoms with Crippen molar-refractivity contribution < 1.29 is 9.53 Å². The SMILES string of the molecule is CN=C(NCc1cccc(-c2ccccn2)c1)NC1CCC(NC(=O)OC(C)(C)C)CC1.I. The molecule has 0 aliphatic heterocycles. The number of hydrogen-bond donors (Lipinski definition) is 3. The Balaban J connectivity index is 0.00000385. The van der Waals surface area contributed by atoms with E-state index in [1.54, 1.807) is 7.05 Å². The molecule has 1 aromatic carbocycles. The Kier molecular flexibility index (Phi) is 10.4. The van der Waals surface area contributed by atoms with Crippen molar-refractivity contribution in [1.29, 1.82) is 0 Å².